The van der Waals surface area contributed by atoms with Gasteiger partial charge in [0.05, 0.1) is 16.7 Å². The van der Waals surface area contributed by atoms with Gasteiger partial charge in [0.2, 0.25) is 0 Å². The third-order valence-corrected chi connectivity index (χ3v) is 8.19. The second-order valence-corrected chi connectivity index (χ2v) is 10.7. The van der Waals surface area contributed by atoms with E-state index in [2.05, 4.69) is 174 Å². The molecule has 1 N–H and O–H groups in total. The van der Waals surface area contributed by atoms with Crippen LogP contribution in [0.4, 0.5) is 11.4 Å². The van der Waals surface area contributed by atoms with E-state index in [0.29, 0.717) is 0 Å². The van der Waals surface area contributed by atoms with Crippen LogP contribution in [0.5, 0.6) is 0 Å². The highest BCUT2D eigenvalue weighted by Gasteiger charge is 2.15. The highest BCUT2D eigenvalue weighted by Crippen LogP contribution is 2.38. The molecule has 0 amide bonds. The molecule has 0 aliphatic carbocycles. The molecule has 0 spiro atoms. The predicted octanol–water partition coefficient (Wildman–Crippen LogP) is 11.0. The Morgan fingerprint density at radius 2 is 0.976 bits per heavy atom. The molecule has 2 nitrogen and oxygen atoms in total. The second-order valence-electron chi connectivity index (χ2n) is 10.7. The molecule has 8 rings (SSSR count). The Bertz CT molecular complexity index is 2170. The third kappa shape index (κ3) is 4.05. The van der Waals surface area contributed by atoms with Gasteiger partial charge in [-0.1, -0.05) is 127 Å². The number of nitrogens with zero attached hydrogens (tertiary/aromatic N) is 1. The fourth-order valence-electron chi connectivity index (χ4n) is 6.29. The molecule has 0 saturated heterocycles. The molecule has 2 heteroatoms. The van der Waals surface area contributed by atoms with Crippen LogP contribution < -0.4 is 5.32 Å². The molecule has 1 aromatic heterocycles. The summed E-state index contributed by atoms with van der Waals surface area (Å²) in [6.45, 7) is 0. The fourth-order valence-corrected chi connectivity index (χ4v) is 6.29. The summed E-state index contributed by atoms with van der Waals surface area (Å²) in [5.74, 6) is 0. The lowest BCUT2D eigenvalue weighted by molar-refractivity contribution is 1.20. The molecular formula is C40H28N2. The number of hydrogen-bond acceptors (Lipinski definition) is 1. The average molecular weight is 537 g/mol. The summed E-state index contributed by atoms with van der Waals surface area (Å²) in [4.78, 5) is 0. The number of benzene rings is 7. The first-order valence-electron chi connectivity index (χ1n) is 14.4. The van der Waals surface area contributed by atoms with Gasteiger partial charge in [-0.05, 0) is 58.5 Å². The first-order chi connectivity index (χ1) is 20.8. The molecule has 0 fully saturated rings. The number of rotatable bonds is 5. The molecule has 7 aromatic carbocycles. The van der Waals surface area contributed by atoms with Crippen molar-refractivity contribution >= 4 is 44.0 Å². The molecule has 0 saturated carbocycles. The third-order valence-electron chi connectivity index (χ3n) is 8.19. The van der Waals surface area contributed by atoms with E-state index in [0.717, 1.165) is 11.4 Å². The lowest BCUT2D eigenvalue weighted by Gasteiger charge is -2.16. The van der Waals surface area contributed by atoms with Crippen LogP contribution in [0.25, 0.3) is 60.5 Å². The minimum Gasteiger partial charge on any atom is -0.355 e. The van der Waals surface area contributed by atoms with Gasteiger partial charge in [-0.3, -0.25) is 0 Å². The lowest BCUT2D eigenvalue weighted by atomic mass is 9.96. The lowest BCUT2D eigenvalue weighted by Crippen LogP contribution is -1.97. The molecule has 0 bridgehead atoms. The molecule has 42 heavy (non-hydrogen) atoms. The van der Waals surface area contributed by atoms with Crippen molar-refractivity contribution in [1.29, 1.82) is 0 Å². The van der Waals surface area contributed by atoms with Crippen LogP contribution in [0.15, 0.2) is 164 Å². The van der Waals surface area contributed by atoms with E-state index in [1.165, 1.54) is 60.5 Å². The van der Waals surface area contributed by atoms with E-state index >= 15 is 0 Å². The van der Waals surface area contributed by atoms with Gasteiger partial charge in [0.15, 0.2) is 0 Å². The minimum absolute atomic E-state index is 1.06. The van der Waals surface area contributed by atoms with Crippen molar-refractivity contribution < 1.29 is 0 Å². The summed E-state index contributed by atoms with van der Waals surface area (Å²) < 4.78 is 2.41. The van der Waals surface area contributed by atoms with Gasteiger partial charge < -0.3 is 9.88 Å². The monoisotopic (exact) mass is 536 g/mol. The Labute approximate surface area is 245 Å². The summed E-state index contributed by atoms with van der Waals surface area (Å²) >= 11 is 0. The highest BCUT2D eigenvalue weighted by atomic mass is 15.0. The molecule has 8 aromatic rings. The number of aromatic nitrogens is 1. The Hall–Kier alpha value is -5.60. The molecule has 198 valence electrons. The molecule has 1 heterocycles. The largest absolute Gasteiger partial charge is 0.355 e. The number of hydrogen-bond donors (Lipinski definition) is 1. The molecule has 0 unspecified atom stereocenters. The number of nitrogens with one attached hydrogen (secondary N) is 1. The van der Waals surface area contributed by atoms with Crippen LogP contribution in [0.1, 0.15) is 0 Å². The van der Waals surface area contributed by atoms with Gasteiger partial charge in [0, 0.05) is 33.1 Å². The highest BCUT2D eigenvalue weighted by molar-refractivity contribution is 6.11. The topological polar surface area (TPSA) is 17.0 Å². The molecular weight excluding hydrogens is 508 g/mol. The van der Waals surface area contributed by atoms with Crippen LogP contribution in [0.2, 0.25) is 0 Å². The molecule has 0 radical (unpaired) electrons. The van der Waals surface area contributed by atoms with Crippen molar-refractivity contribution in [2.45, 2.75) is 0 Å². The number of fused-ring (bicyclic) bond motifs is 4. The maximum atomic E-state index is 3.70. The van der Waals surface area contributed by atoms with Crippen LogP contribution in [-0.2, 0) is 0 Å². The van der Waals surface area contributed by atoms with Gasteiger partial charge in [-0.15, -0.1) is 0 Å². The summed E-state index contributed by atoms with van der Waals surface area (Å²) in [6, 6.07) is 58.5. The van der Waals surface area contributed by atoms with E-state index in [4.69, 9.17) is 0 Å². The smallest absolute Gasteiger partial charge is 0.0541 e. The Kier molecular flexibility index (Phi) is 5.82. The quantitative estimate of drug-likeness (QED) is 0.231. The molecule has 0 aliphatic rings. The van der Waals surface area contributed by atoms with Crippen LogP contribution in [0.3, 0.4) is 0 Å². The van der Waals surface area contributed by atoms with E-state index < -0.39 is 0 Å². The SMILES string of the molecule is c1ccc(-c2ccccc2Nc2cccc(-c3ccc(-n4c5ccccc5c5ccccc54)c4ccccc34)c2)cc1. The van der Waals surface area contributed by atoms with Crippen LogP contribution in [0, 0.1) is 0 Å². The standard InChI is InChI=1S/C40H28N2/c1-2-13-28(14-3-1)32-17-6-9-22-37(32)41-30-16-12-15-29(27-30)31-25-26-40(34-19-5-4-18-33(31)34)42-38-23-10-7-20-35(38)36-21-8-11-24-39(36)42/h1-27,41H. The van der Waals surface area contributed by atoms with E-state index in [1.54, 1.807) is 0 Å². The van der Waals surface area contributed by atoms with Crippen LogP contribution >= 0.6 is 0 Å². The maximum absolute atomic E-state index is 3.70. The Morgan fingerprint density at radius 3 is 1.74 bits per heavy atom. The van der Waals surface area contributed by atoms with Gasteiger partial charge in [0.1, 0.15) is 0 Å². The van der Waals surface area contributed by atoms with E-state index in [1.807, 2.05) is 0 Å². The summed E-state index contributed by atoms with van der Waals surface area (Å²) in [5.41, 5.74) is 10.6. The normalized spacial score (nSPS) is 11.3. The first-order valence-corrected chi connectivity index (χ1v) is 14.4. The first kappa shape index (κ1) is 24.2. The Morgan fingerprint density at radius 1 is 0.381 bits per heavy atom. The molecule has 0 atom stereocenters. The number of anilines is 2. The average Bonchev–Trinajstić information content (AvgIpc) is 3.39. The zero-order valence-corrected chi connectivity index (χ0v) is 23.0. The molecule has 0 aliphatic heterocycles. The summed E-state index contributed by atoms with van der Waals surface area (Å²) in [6.07, 6.45) is 0. The van der Waals surface area contributed by atoms with Crippen molar-refractivity contribution in [3.05, 3.63) is 164 Å². The van der Waals surface area contributed by atoms with Gasteiger partial charge in [-0.25, -0.2) is 0 Å². The van der Waals surface area contributed by atoms with Crippen LogP contribution in [-0.4, -0.2) is 4.57 Å². The zero-order chi connectivity index (χ0) is 27.9. The fraction of sp³-hybridized carbons (Fsp3) is 0. The van der Waals surface area contributed by atoms with E-state index in [-0.39, 0.29) is 0 Å². The van der Waals surface area contributed by atoms with Gasteiger partial charge in [0.25, 0.3) is 0 Å². The number of para-hydroxylation sites is 3. The zero-order valence-electron chi connectivity index (χ0n) is 23.0. The van der Waals surface area contributed by atoms with Crippen molar-refractivity contribution in [3.8, 4) is 27.9 Å². The van der Waals surface area contributed by atoms with Gasteiger partial charge in [-0.2, -0.15) is 0 Å². The van der Waals surface area contributed by atoms with Crippen molar-refractivity contribution in [2.75, 3.05) is 5.32 Å². The van der Waals surface area contributed by atoms with Crippen molar-refractivity contribution in [1.82, 2.24) is 4.57 Å². The minimum atomic E-state index is 1.06. The van der Waals surface area contributed by atoms with Gasteiger partial charge >= 0.3 is 0 Å². The summed E-state index contributed by atoms with van der Waals surface area (Å²) in [7, 11) is 0. The Balaban J connectivity index is 1.25. The van der Waals surface area contributed by atoms with Crippen molar-refractivity contribution in [3.63, 3.8) is 0 Å². The second kappa shape index (κ2) is 10.1. The summed E-state index contributed by atoms with van der Waals surface area (Å²) in [5, 5.41) is 8.71. The van der Waals surface area contributed by atoms with Crippen molar-refractivity contribution in [2.24, 2.45) is 0 Å². The maximum Gasteiger partial charge on any atom is 0.0541 e. The predicted molar refractivity (Wildman–Crippen MR) is 179 cm³/mol. The van der Waals surface area contributed by atoms with E-state index in [9.17, 15) is 0 Å².